The van der Waals surface area contributed by atoms with E-state index in [9.17, 15) is 4.79 Å². The Hall–Kier alpha value is -1.50. The Balaban J connectivity index is 1.87. The molecule has 0 unspecified atom stereocenters. The molecule has 0 atom stereocenters. The van der Waals surface area contributed by atoms with Crippen molar-refractivity contribution in [2.24, 2.45) is 0 Å². The van der Waals surface area contributed by atoms with Crippen LogP contribution >= 0.6 is 43.5 Å². The molecule has 27 heavy (non-hydrogen) atoms. The molecule has 0 saturated heterocycles. The first-order valence-corrected chi connectivity index (χ1v) is 10.5. The standard InChI is InChI=1S/C20H16Br2ClNO3/c1-2-3-11-6-18(25)27-19-13(11)8-16(23)20-14(19)9-24(10-26-20)17-5-4-12(21)7-15(17)22/h4-8H,2-3,9-10H2,1H3. The molecule has 0 radical (unpaired) electrons. The lowest BCUT2D eigenvalue weighted by Crippen LogP contribution is -2.32. The molecule has 0 N–H and O–H groups in total. The van der Waals surface area contributed by atoms with Gasteiger partial charge in [-0.3, -0.25) is 0 Å². The molecular weight excluding hydrogens is 497 g/mol. The smallest absolute Gasteiger partial charge is 0.336 e. The monoisotopic (exact) mass is 511 g/mol. The molecule has 2 heterocycles. The Morgan fingerprint density at radius 3 is 2.78 bits per heavy atom. The van der Waals surface area contributed by atoms with Gasteiger partial charge in [0.1, 0.15) is 11.3 Å². The van der Waals surface area contributed by atoms with Crippen LogP contribution in [-0.2, 0) is 13.0 Å². The van der Waals surface area contributed by atoms with Crippen LogP contribution < -0.4 is 15.3 Å². The summed E-state index contributed by atoms with van der Waals surface area (Å²) >= 11 is 13.6. The van der Waals surface area contributed by atoms with Crippen molar-refractivity contribution in [3.05, 3.63) is 65.8 Å². The van der Waals surface area contributed by atoms with Gasteiger partial charge in [0.25, 0.3) is 0 Å². The molecule has 1 aliphatic heterocycles. The summed E-state index contributed by atoms with van der Waals surface area (Å²) in [4.78, 5) is 14.2. The van der Waals surface area contributed by atoms with E-state index in [1.54, 1.807) is 6.07 Å². The summed E-state index contributed by atoms with van der Waals surface area (Å²) in [5.74, 6) is 0.588. The van der Waals surface area contributed by atoms with Gasteiger partial charge in [-0.15, -0.1) is 0 Å². The Morgan fingerprint density at radius 2 is 2.04 bits per heavy atom. The van der Waals surface area contributed by atoms with E-state index in [0.717, 1.165) is 44.0 Å². The van der Waals surface area contributed by atoms with Crippen molar-refractivity contribution in [1.29, 1.82) is 0 Å². The van der Waals surface area contributed by atoms with Crippen molar-refractivity contribution in [2.75, 3.05) is 11.6 Å². The SMILES string of the molecule is CCCc1cc(=O)oc2c3c(c(Cl)cc12)OCN(c1ccc(Br)cc1Br)C3. The lowest BCUT2D eigenvalue weighted by Gasteiger charge is -2.32. The van der Waals surface area contributed by atoms with Crippen LogP contribution in [0, 0.1) is 0 Å². The Bertz CT molecular complexity index is 1100. The van der Waals surface area contributed by atoms with Crippen LogP contribution in [-0.4, -0.2) is 6.73 Å². The third-order valence-electron chi connectivity index (χ3n) is 4.60. The van der Waals surface area contributed by atoms with Crippen molar-refractivity contribution in [1.82, 2.24) is 0 Å². The first-order chi connectivity index (χ1) is 13.0. The van der Waals surface area contributed by atoms with Gasteiger partial charge in [0.05, 0.1) is 22.8 Å². The highest BCUT2D eigenvalue weighted by atomic mass is 79.9. The number of fused-ring (bicyclic) bond motifs is 3. The predicted octanol–water partition coefficient (Wildman–Crippen LogP) is 6.28. The highest BCUT2D eigenvalue weighted by molar-refractivity contribution is 9.11. The zero-order valence-electron chi connectivity index (χ0n) is 14.5. The van der Waals surface area contributed by atoms with E-state index in [4.69, 9.17) is 20.8 Å². The van der Waals surface area contributed by atoms with Crippen LogP contribution in [0.3, 0.4) is 0 Å². The summed E-state index contributed by atoms with van der Waals surface area (Å²) < 4.78 is 13.5. The van der Waals surface area contributed by atoms with Gasteiger partial charge < -0.3 is 14.1 Å². The van der Waals surface area contributed by atoms with Crippen molar-refractivity contribution in [3.63, 3.8) is 0 Å². The minimum atomic E-state index is -0.350. The van der Waals surface area contributed by atoms with Gasteiger partial charge in [0, 0.05) is 20.4 Å². The van der Waals surface area contributed by atoms with Crippen LogP contribution in [0.4, 0.5) is 5.69 Å². The number of rotatable bonds is 3. The van der Waals surface area contributed by atoms with E-state index >= 15 is 0 Å². The maximum Gasteiger partial charge on any atom is 0.336 e. The summed E-state index contributed by atoms with van der Waals surface area (Å²) in [7, 11) is 0. The van der Waals surface area contributed by atoms with E-state index in [-0.39, 0.29) is 5.63 Å². The number of hydrogen-bond donors (Lipinski definition) is 0. The maximum absolute atomic E-state index is 12.1. The Labute approximate surface area is 178 Å². The molecule has 4 rings (SSSR count). The largest absolute Gasteiger partial charge is 0.471 e. The number of halogens is 3. The second-order valence-electron chi connectivity index (χ2n) is 6.45. The number of benzene rings is 2. The minimum absolute atomic E-state index is 0.350. The molecule has 140 valence electrons. The average Bonchev–Trinajstić information content (AvgIpc) is 2.63. The van der Waals surface area contributed by atoms with Crippen LogP contribution in [0.5, 0.6) is 5.75 Å². The molecule has 0 bridgehead atoms. The quantitative estimate of drug-likeness (QED) is 0.387. The van der Waals surface area contributed by atoms with Crippen LogP contribution in [0.25, 0.3) is 11.0 Å². The molecule has 1 aliphatic rings. The van der Waals surface area contributed by atoms with Gasteiger partial charge in [0.2, 0.25) is 0 Å². The van der Waals surface area contributed by atoms with Crippen molar-refractivity contribution in [3.8, 4) is 5.75 Å². The van der Waals surface area contributed by atoms with Crippen molar-refractivity contribution >= 4 is 60.1 Å². The zero-order chi connectivity index (χ0) is 19.1. The van der Waals surface area contributed by atoms with Gasteiger partial charge in [-0.2, -0.15) is 0 Å². The summed E-state index contributed by atoms with van der Waals surface area (Å²) in [6.07, 6.45) is 1.72. The van der Waals surface area contributed by atoms with E-state index in [0.29, 0.717) is 29.6 Å². The third kappa shape index (κ3) is 3.50. The fourth-order valence-electron chi connectivity index (χ4n) is 3.42. The third-order valence-corrected chi connectivity index (χ3v) is 6.01. The molecule has 2 aromatic carbocycles. The highest BCUT2D eigenvalue weighted by Crippen LogP contribution is 2.41. The second kappa shape index (κ2) is 7.49. The van der Waals surface area contributed by atoms with Gasteiger partial charge in [0.15, 0.2) is 6.73 Å². The summed E-state index contributed by atoms with van der Waals surface area (Å²) in [5.41, 5.74) is 2.95. The summed E-state index contributed by atoms with van der Waals surface area (Å²) in [5, 5.41) is 1.42. The van der Waals surface area contributed by atoms with E-state index in [1.165, 1.54) is 0 Å². The number of ether oxygens (including phenoxy) is 1. The van der Waals surface area contributed by atoms with Crippen LogP contribution in [0.1, 0.15) is 24.5 Å². The van der Waals surface area contributed by atoms with Gasteiger partial charge >= 0.3 is 5.63 Å². The van der Waals surface area contributed by atoms with Gasteiger partial charge in [-0.1, -0.05) is 40.9 Å². The second-order valence-corrected chi connectivity index (χ2v) is 8.63. The molecule has 0 aliphatic carbocycles. The number of anilines is 1. The molecule has 0 spiro atoms. The number of hydrogen-bond acceptors (Lipinski definition) is 4. The fourth-order valence-corrected chi connectivity index (χ4v) is 5.00. The van der Waals surface area contributed by atoms with Crippen LogP contribution in [0.2, 0.25) is 5.02 Å². The summed E-state index contributed by atoms with van der Waals surface area (Å²) in [6.45, 7) is 2.97. The van der Waals surface area contributed by atoms with Gasteiger partial charge in [-0.05, 0) is 52.2 Å². The lowest BCUT2D eigenvalue weighted by molar-refractivity contribution is 0.289. The zero-order valence-corrected chi connectivity index (χ0v) is 18.4. The molecule has 3 aromatic rings. The Morgan fingerprint density at radius 1 is 1.22 bits per heavy atom. The topological polar surface area (TPSA) is 42.7 Å². The van der Waals surface area contributed by atoms with Crippen molar-refractivity contribution < 1.29 is 9.15 Å². The molecule has 0 saturated carbocycles. The van der Waals surface area contributed by atoms with E-state index in [1.807, 2.05) is 24.3 Å². The van der Waals surface area contributed by atoms with Crippen LogP contribution in [0.15, 0.2) is 48.5 Å². The molecule has 7 heteroatoms. The normalized spacial score (nSPS) is 13.6. The molecule has 0 amide bonds. The van der Waals surface area contributed by atoms with E-state index in [2.05, 4.69) is 43.7 Å². The van der Waals surface area contributed by atoms with E-state index < -0.39 is 0 Å². The Kier molecular flexibility index (Phi) is 5.23. The maximum atomic E-state index is 12.1. The molecule has 0 fully saturated rings. The lowest BCUT2D eigenvalue weighted by atomic mass is 10.0. The molecule has 1 aromatic heterocycles. The average molecular weight is 514 g/mol. The number of nitrogens with zero attached hydrogens (tertiary/aromatic N) is 1. The first kappa shape index (κ1) is 18.8. The van der Waals surface area contributed by atoms with Crippen molar-refractivity contribution in [2.45, 2.75) is 26.3 Å². The minimum Gasteiger partial charge on any atom is -0.471 e. The summed E-state index contributed by atoms with van der Waals surface area (Å²) in [6, 6.07) is 9.37. The molecule has 4 nitrogen and oxygen atoms in total. The predicted molar refractivity (Wildman–Crippen MR) is 115 cm³/mol. The number of aryl methyl sites for hydroxylation is 1. The fraction of sp³-hybridized carbons (Fsp3) is 0.250. The highest BCUT2D eigenvalue weighted by Gasteiger charge is 2.26. The first-order valence-electron chi connectivity index (χ1n) is 8.59. The molecular formula is C20H16Br2ClNO3. The van der Waals surface area contributed by atoms with Gasteiger partial charge in [-0.25, -0.2) is 4.79 Å².